The Hall–Kier alpha value is -2.44. The van der Waals surface area contributed by atoms with E-state index in [0.717, 1.165) is 22.3 Å². The van der Waals surface area contributed by atoms with Gasteiger partial charge >= 0.3 is 0 Å². The van der Waals surface area contributed by atoms with Crippen molar-refractivity contribution >= 4 is 55.8 Å². The summed E-state index contributed by atoms with van der Waals surface area (Å²) in [7, 11) is 0. The van der Waals surface area contributed by atoms with Crippen LogP contribution in [-0.4, -0.2) is 23.3 Å². The predicted molar refractivity (Wildman–Crippen MR) is 110 cm³/mol. The molecule has 0 saturated carbocycles. The van der Waals surface area contributed by atoms with E-state index in [1.807, 2.05) is 12.1 Å². The second-order valence-electron chi connectivity index (χ2n) is 6.55. The fourth-order valence-electron chi connectivity index (χ4n) is 3.20. The van der Waals surface area contributed by atoms with Gasteiger partial charge in [-0.25, -0.2) is 4.98 Å². The molecule has 1 aromatic heterocycles. The summed E-state index contributed by atoms with van der Waals surface area (Å²) < 4.78 is 1.05. The Kier molecular flexibility index (Phi) is 4.85. The Labute approximate surface area is 166 Å². The van der Waals surface area contributed by atoms with Crippen molar-refractivity contribution in [3.63, 3.8) is 0 Å². The maximum Gasteiger partial charge on any atom is 0.231 e. The zero-order valence-electron chi connectivity index (χ0n) is 14.7. The molecule has 2 amide bonds. The van der Waals surface area contributed by atoms with Crippen LogP contribution < -0.4 is 10.2 Å². The van der Waals surface area contributed by atoms with Crippen LogP contribution in [0.25, 0.3) is 10.2 Å². The zero-order chi connectivity index (χ0) is 19.0. The lowest BCUT2D eigenvalue weighted by atomic mass is 10.1. The number of hydrogen-bond donors (Lipinski definition) is 1. The predicted octanol–water partition coefficient (Wildman–Crippen LogP) is 4.50. The number of thiazole rings is 1. The van der Waals surface area contributed by atoms with Crippen LogP contribution in [0.15, 0.2) is 42.5 Å². The summed E-state index contributed by atoms with van der Waals surface area (Å²) in [6.07, 6.45) is 1.15. The quantitative estimate of drug-likeness (QED) is 0.702. The molecule has 4 rings (SSSR count). The van der Waals surface area contributed by atoms with Gasteiger partial charge < -0.3 is 10.2 Å². The van der Waals surface area contributed by atoms with Crippen molar-refractivity contribution in [3.8, 4) is 0 Å². The Morgan fingerprint density at radius 2 is 2.07 bits per heavy atom. The number of hydrogen-bond acceptors (Lipinski definition) is 4. The molecule has 1 aliphatic rings. The molecule has 1 fully saturated rings. The Balaban J connectivity index is 1.47. The molecule has 1 atom stereocenters. The van der Waals surface area contributed by atoms with E-state index in [1.165, 1.54) is 16.9 Å². The van der Waals surface area contributed by atoms with Gasteiger partial charge in [0.05, 0.1) is 16.1 Å². The summed E-state index contributed by atoms with van der Waals surface area (Å²) in [6.45, 7) is 2.46. The average molecular weight is 400 g/mol. The van der Waals surface area contributed by atoms with Crippen LogP contribution in [0.5, 0.6) is 0 Å². The number of carbonyl (C=O) groups is 2. The van der Waals surface area contributed by atoms with Crippen molar-refractivity contribution in [3.05, 3.63) is 53.1 Å². The Morgan fingerprint density at radius 1 is 1.30 bits per heavy atom. The molecule has 1 aliphatic heterocycles. The summed E-state index contributed by atoms with van der Waals surface area (Å²) >= 11 is 7.36. The van der Waals surface area contributed by atoms with E-state index in [1.54, 1.807) is 29.2 Å². The van der Waals surface area contributed by atoms with Gasteiger partial charge in [-0.15, -0.1) is 0 Å². The highest BCUT2D eigenvalue weighted by Gasteiger charge is 2.35. The number of anilines is 2. The second kappa shape index (κ2) is 7.29. The number of aryl methyl sites for hydroxylation is 1. The number of aromatic nitrogens is 1. The summed E-state index contributed by atoms with van der Waals surface area (Å²) in [5.74, 6) is -0.629. The topological polar surface area (TPSA) is 62.3 Å². The third kappa shape index (κ3) is 3.68. The zero-order valence-corrected chi connectivity index (χ0v) is 16.3. The highest BCUT2D eigenvalue weighted by Crippen LogP contribution is 2.30. The van der Waals surface area contributed by atoms with Gasteiger partial charge in [0.15, 0.2) is 5.13 Å². The molecule has 1 unspecified atom stereocenters. The molecule has 0 radical (unpaired) electrons. The first-order chi connectivity index (χ1) is 13.0. The molecule has 5 nitrogen and oxygen atoms in total. The van der Waals surface area contributed by atoms with Crippen molar-refractivity contribution < 1.29 is 9.59 Å². The van der Waals surface area contributed by atoms with Crippen molar-refractivity contribution in [2.75, 3.05) is 16.8 Å². The SMILES string of the molecule is CCc1ccc2nc(NC(=O)C3CC(=O)N(c4ccc(Cl)cc4)C3)sc2c1. The van der Waals surface area contributed by atoms with E-state index in [4.69, 9.17) is 11.6 Å². The molecule has 138 valence electrons. The van der Waals surface area contributed by atoms with Crippen LogP contribution in [0.3, 0.4) is 0 Å². The number of amides is 2. The van der Waals surface area contributed by atoms with Gasteiger partial charge in [0, 0.05) is 23.7 Å². The minimum absolute atomic E-state index is 0.0608. The maximum absolute atomic E-state index is 12.6. The first-order valence-electron chi connectivity index (χ1n) is 8.79. The third-order valence-corrected chi connectivity index (χ3v) is 5.91. The van der Waals surface area contributed by atoms with E-state index in [2.05, 4.69) is 23.3 Å². The van der Waals surface area contributed by atoms with Crippen LogP contribution >= 0.6 is 22.9 Å². The minimum atomic E-state index is -0.397. The van der Waals surface area contributed by atoms with Crippen LogP contribution in [0.2, 0.25) is 5.02 Å². The smallest absolute Gasteiger partial charge is 0.231 e. The van der Waals surface area contributed by atoms with Crippen molar-refractivity contribution in [2.24, 2.45) is 5.92 Å². The van der Waals surface area contributed by atoms with Crippen LogP contribution in [-0.2, 0) is 16.0 Å². The van der Waals surface area contributed by atoms with Crippen molar-refractivity contribution in [1.29, 1.82) is 0 Å². The third-order valence-electron chi connectivity index (χ3n) is 4.73. The van der Waals surface area contributed by atoms with Crippen molar-refractivity contribution in [1.82, 2.24) is 4.98 Å². The number of nitrogens with one attached hydrogen (secondary N) is 1. The van der Waals surface area contributed by atoms with E-state index in [9.17, 15) is 9.59 Å². The molecular formula is C20H18ClN3O2S. The van der Waals surface area contributed by atoms with Gasteiger partial charge in [0.1, 0.15) is 0 Å². The van der Waals surface area contributed by atoms with E-state index < -0.39 is 5.92 Å². The number of benzene rings is 2. The molecule has 0 spiro atoms. The molecule has 0 aliphatic carbocycles. The standard InChI is InChI=1S/C20H18ClN3O2S/c1-2-12-3-8-16-17(9-12)27-20(22-16)23-19(26)13-10-18(25)24(11-13)15-6-4-14(21)5-7-15/h3-9,13H,2,10-11H2,1H3,(H,22,23,26). The van der Waals surface area contributed by atoms with Gasteiger partial charge in [-0.1, -0.05) is 35.9 Å². The molecule has 3 aromatic rings. The largest absolute Gasteiger partial charge is 0.312 e. The number of fused-ring (bicyclic) bond motifs is 1. The summed E-state index contributed by atoms with van der Waals surface area (Å²) in [6, 6.07) is 13.2. The lowest BCUT2D eigenvalue weighted by molar-refractivity contribution is -0.122. The summed E-state index contributed by atoms with van der Waals surface area (Å²) in [5, 5.41) is 4.06. The number of nitrogens with zero attached hydrogens (tertiary/aromatic N) is 2. The van der Waals surface area contributed by atoms with Crippen LogP contribution in [0, 0.1) is 5.92 Å². The fourth-order valence-corrected chi connectivity index (χ4v) is 4.26. The van der Waals surface area contributed by atoms with Gasteiger partial charge in [0.25, 0.3) is 0 Å². The number of carbonyl (C=O) groups excluding carboxylic acids is 2. The van der Waals surface area contributed by atoms with Gasteiger partial charge in [-0.3, -0.25) is 9.59 Å². The first-order valence-corrected chi connectivity index (χ1v) is 9.99. The molecule has 7 heteroatoms. The molecular weight excluding hydrogens is 382 g/mol. The minimum Gasteiger partial charge on any atom is -0.312 e. The maximum atomic E-state index is 12.6. The average Bonchev–Trinajstić information content (AvgIpc) is 3.24. The highest BCUT2D eigenvalue weighted by molar-refractivity contribution is 7.22. The Morgan fingerprint density at radius 3 is 2.81 bits per heavy atom. The number of rotatable bonds is 4. The lowest BCUT2D eigenvalue weighted by Crippen LogP contribution is -2.28. The molecule has 0 bridgehead atoms. The van der Waals surface area contributed by atoms with Gasteiger partial charge in [-0.2, -0.15) is 0 Å². The summed E-state index contributed by atoms with van der Waals surface area (Å²) in [4.78, 5) is 31.1. The highest BCUT2D eigenvalue weighted by atomic mass is 35.5. The molecule has 2 aromatic carbocycles. The molecule has 27 heavy (non-hydrogen) atoms. The van der Waals surface area contributed by atoms with Gasteiger partial charge in [0.2, 0.25) is 11.8 Å². The molecule has 1 saturated heterocycles. The Bertz CT molecular complexity index is 1020. The monoisotopic (exact) mass is 399 g/mol. The van der Waals surface area contributed by atoms with E-state index in [-0.39, 0.29) is 18.2 Å². The first kappa shape index (κ1) is 17.9. The molecule has 1 N–H and O–H groups in total. The van der Waals surface area contributed by atoms with Crippen LogP contribution in [0.1, 0.15) is 18.9 Å². The molecule has 2 heterocycles. The van der Waals surface area contributed by atoms with Crippen LogP contribution in [0.4, 0.5) is 10.8 Å². The van der Waals surface area contributed by atoms with Crippen molar-refractivity contribution in [2.45, 2.75) is 19.8 Å². The lowest BCUT2D eigenvalue weighted by Gasteiger charge is -2.16. The normalized spacial score (nSPS) is 16.9. The van der Waals surface area contributed by atoms with E-state index >= 15 is 0 Å². The summed E-state index contributed by atoms with van der Waals surface area (Å²) in [5.41, 5.74) is 2.87. The number of halogens is 1. The van der Waals surface area contributed by atoms with Gasteiger partial charge in [-0.05, 0) is 48.4 Å². The fraction of sp³-hybridized carbons (Fsp3) is 0.250. The van der Waals surface area contributed by atoms with E-state index in [0.29, 0.717) is 16.7 Å². The second-order valence-corrected chi connectivity index (χ2v) is 8.01.